The van der Waals surface area contributed by atoms with Gasteiger partial charge in [0.25, 0.3) is 0 Å². The van der Waals surface area contributed by atoms with E-state index >= 15 is 0 Å². The lowest BCUT2D eigenvalue weighted by molar-refractivity contribution is 0.826. The summed E-state index contributed by atoms with van der Waals surface area (Å²) < 4.78 is 1.93. The van der Waals surface area contributed by atoms with Gasteiger partial charge in [-0.1, -0.05) is 31.6 Å². The molecule has 3 aromatic rings. The molecule has 3 heterocycles. The van der Waals surface area contributed by atoms with Crippen LogP contribution >= 0.6 is 0 Å². The molecule has 0 spiro atoms. The molecule has 0 amide bonds. The SMILES string of the molecule is C[Si](C)(C)C#Cc1cccc(-n2nccc2C2=CC=CN(c3ccncc3)N2)c1. The molecule has 144 valence electrons. The van der Waals surface area contributed by atoms with E-state index in [9.17, 15) is 0 Å². The first-order valence-electron chi connectivity index (χ1n) is 9.52. The molecule has 29 heavy (non-hydrogen) atoms. The molecule has 0 saturated heterocycles. The third-order valence-corrected chi connectivity index (χ3v) is 5.15. The van der Waals surface area contributed by atoms with Gasteiger partial charge < -0.3 is 0 Å². The van der Waals surface area contributed by atoms with Gasteiger partial charge in [0.15, 0.2) is 0 Å². The molecule has 5 nitrogen and oxygen atoms in total. The fraction of sp³-hybridized carbons (Fsp3) is 0.130. The van der Waals surface area contributed by atoms with Crippen LogP contribution in [-0.4, -0.2) is 22.8 Å². The average molecular weight is 398 g/mol. The van der Waals surface area contributed by atoms with Gasteiger partial charge in [0.2, 0.25) is 0 Å². The Morgan fingerprint density at radius 1 is 0.966 bits per heavy atom. The zero-order chi connectivity index (χ0) is 20.3. The number of hydrogen-bond acceptors (Lipinski definition) is 4. The van der Waals surface area contributed by atoms with Crippen LogP contribution in [0.3, 0.4) is 0 Å². The van der Waals surface area contributed by atoms with E-state index in [1.54, 1.807) is 12.4 Å². The highest BCUT2D eigenvalue weighted by molar-refractivity contribution is 6.83. The molecule has 0 unspecified atom stereocenters. The minimum Gasteiger partial charge on any atom is -0.292 e. The Balaban J connectivity index is 1.63. The summed E-state index contributed by atoms with van der Waals surface area (Å²) in [5.41, 5.74) is 11.8. The van der Waals surface area contributed by atoms with Crippen LogP contribution in [0.25, 0.3) is 11.4 Å². The van der Waals surface area contributed by atoms with E-state index in [0.717, 1.165) is 28.3 Å². The van der Waals surface area contributed by atoms with Gasteiger partial charge in [-0.15, -0.1) is 5.54 Å². The van der Waals surface area contributed by atoms with E-state index in [2.05, 4.69) is 58.7 Å². The largest absolute Gasteiger partial charge is 0.292 e. The molecular formula is C23H23N5Si. The van der Waals surface area contributed by atoms with Gasteiger partial charge in [0.1, 0.15) is 8.07 Å². The second kappa shape index (κ2) is 7.82. The second-order valence-corrected chi connectivity index (χ2v) is 12.5. The molecule has 1 aliphatic heterocycles. The highest BCUT2D eigenvalue weighted by atomic mass is 28.3. The van der Waals surface area contributed by atoms with Crippen molar-refractivity contribution in [1.82, 2.24) is 20.2 Å². The predicted octanol–water partition coefficient (Wildman–Crippen LogP) is 4.38. The topological polar surface area (TPSA) is 46.0 Å². The van der Waals surface area contributed by atoms with Gasteiger partial charge in [-0.3, -0.25) is 15.4 Å². The number of hydrogen-bond donors (Lipinski definition) is 1. The number of anilines is 1. The summed E-state index contributed by atoms with van der Waals surface area (Å²) in [6.07, 6.45) is 11.4. The van der Waals surface area contributed by atoms with E-state index in [1.807, 2.05) is 64.6 Å². The van der Waals surface area contributed by atoms with Crippen molar-refractivity contribution in [3.8, 4) is 17.2 Å². The lowest BCUT2D eigenvalue weighted by Gasteiger charge is -2.27. The Morgan fingerprint density at radius 3 is 2.59 bits per heavy atom. The van der Waals surface area contributed by atoms with Crippen LogP contribution in [0.15, 0.2) is 79.4 Å². The molecule has 6 heteroatoms. The van der Waals surface area contributed by atoms with E-state index in [0.29, 0.717) is 0 Å². The Bertz CT molecular complexity index is 1130. The highest BCUT2D eigenvalue weighted by Crippen LogP contribution is 2.22. The van der Waals surface area contributed by atoms with E-state index in [1.165, 1.54) is 0 Å². The van der Waals surface area contributed by atoms with Crippen molar-refractivity contribution in [3.63, 3.8) is 0 Å². The van der Waals surface area contributed by atoms with Gasteiger partial charge in [-0.2, -0.15) is 5.10 Å². The van der Waals surface area contributed by atoms with Crippen LogP contribution in [0.4, 0.5) is 5.69 Å². The minimum absolute atomic E-state index is 0.959. The van der Waals surface area contributed by atoms with Crippen molar-refractivity contribution in [1.29, 1.82) is 0 Å². The number of hydrazine groups is 1. The maximum atomic E-state index is 4.55. The maximum Gasteiger partial charge on any atom is 0.129 e. The molecular weight excluding hydrogens is 374 g/mol. The molecule has 0 saturated carbocycles. The fourth-order valence-electron chi connectivity index (χ4n) is 2.92. The summed E-state index contributed by atoms with van der Waals surface area (Å²) in [5, 5.41) is 6.52. The van der Waals surface area contributed by atoms with Crippen LogP contribution in [0, 0.1) is 11.5 Å². The van der Waals surface area contributed by atoms with Crippen molar-refractivity contribution in [3.05, 3.63) is 90.7 Å². The van der Waals surface area contributed by atoms with Gasteiger partial charge in [-0.05, 0) is 48.6 Å². The van der Waals surface area contributed by atoms with Crippen molar-refractivity contribution in [2.45, 2.75) is 19.6 Å². The quantitative estimate of drug-likeness (QED) is 0.526. The smallest absolute Gasteiger partial charge is 0.129 e. The van der Waals surface area contributed by atoms with Crippen LogP contribution in [0.1, 0.15) is 11.3 Å². The molecule has 2 aromatic heterocycles. The van der Waals surface area contributed by atoms with Gasteiger partial charge in [-0.25, -0.2) is 4.68 Å². The van der Waals surface area contributed by atoms with Crippen molar-refractivity contribution < 1.29 is 0 Å². The van der Waals surface area contributed by atoms with E-state index < -0.39 is 8.07 Å². The predicted molar refractivity (Wildman–Crippen MR) is 121 cm³/mol. The number of aromatic nitrogens is 3. The Hall–Kier alpha value is -3.56. The Labute approximate surface area is 172 Å². The van der Waals surface area contributed by atoms with E-state index in [4.69, 9.17) is 0 Å². The lowest BCUT2D eigenvalue weighted by atomic mass is 10.2. The third-order valence-electron chi connectivity index (χ3n) is 4.27. The average Bonchev–Trinajstić information content (AvgIpc) is 3.23. The maximum absolute atomic E-state index is 4.55. The Kier molecular flexibility index (Phi) is 5.06. The number of benzene rings is 1. The first-order valence-corrected chi connectivity index (χ1v) is 13.0. The van der Waals surface area contributed by atoms with E-state index in [-0.39, 0.29) is 0 Å². The molecule has 0 atom stereocenters. The third kappa shape index (κ3) is 4.47. The van der Waals surface area contributed by atoms with Crippen molar-refractivity contribution >= 4 is 19.5 Å². The van der Waals surface area contributed by atoms with Crippen molar-refractivity contribution in [2.24, 2.45) is 0 Å². The first kappa shape index (κ1) is 18.8. The summed E-state index contributed by atoms with van der Waals surface area (Å²) in [7, 11) is -1.42. The van der Waals surface area contributed by atoms with Gasteiger partial charge in [0.05, 0.1) is 29.0 Å². The molecule has 1 aliphatic rings. The number of nitrogens with one attached hydrogen (secondary N) is 1. The number of pyridine rings is 1. The molecule has 1 aromatic carbocycles. The molecule has 0 radical (unpaired) electrons. The monoisotopic (exact) mass is 397 g/mol. The van der Waals surface area contributed by atoms with Gasteiger partial charge in [0, 0.05) is 24.2 Å². The number of allylic oxidation sites excluding steroid dienone is 2. The molecule has 0 aliphatic carbocycles. The second-order valence-electron chi connectivity index (χ2n) is 7.79. The normalized spacial score (nSPS) is 13.3. The van der Waals surface area contributed by atoms with Crippen molar-refractivity contribution in [2.75, 3.05) is 5.01 Å². The summed E-state index contributed by atoms with van der Waals surface area (Å²) in [6, 6.07) is 14.1. The zero-order valence-corrected chi connectivity index (χ0v) is 17.8. The summed E-state index contributed by atoms with van der Waals surface area (Å²) in [4.78, 5) is 4.09. The van der Waals surface area contributed by atoms with Crippen LogP contribution < -0.4 is 10.4 Å². The molecule has 1 N–H and O–H groups in total. The van der Waals surface area contributed by atoms with Crippen LogP contribution in [0.2, 0.25) is 19.6 Å². The fourth-order valence-corrected chi connectivity index (χ4v) is 3.43. The highest BCUT2D eigenvalue weighted by Gasteiger charge is 2.15. The lowest BCUT2D eigenvalue weighted by Crippen LogP contribution is -2.34. The summed E-state index contributed by atoms with van der Waals surface area (Å²) in [6.45, 7) is 6.75. The zero-order valence-electron chi connectivity index (χ0n) is 16.8. The standard InChI is InChI=1S/C23H23N5Si/c1-29(2,3)17-12-19-6-4-7-21(18-19)28-23(11-15-25-28)22-8-5-16-27(26-22)20-9-13-24-14-10-20/h4-11,13-16,18,26H,1-3H3. The summed E-state index contributed by atoms with van der Waals surface area (Å²) in [5.74, 6) is 3.33. The molecule has 4 rings (SSSR count). The van der Waals surface area contributed by atoms with Crippen LogP contribution in [-0.2, 0) is 0 Å². The molecule has 0 fully saturated rings. The summed E-state index contributed by atoms with van der Waals surface area (Å²) >= 11 is 0. The van der Waals surface area contributed by atoms with Gasteiger partial charge >= 0.3 is 0 Å². The first-order chi connectivity index (χ1) is 14.0. The number of nitrogens with zero attached hydrogens (tertiary/aromatic N) is 4. The Morgan fingerprint density at radius 2 is 1.79 bits per heavy atom. The number of rotatable bonds is 3. The minimum atomic E-state index is -1.42. The van der Waals surface area contributed by atoms with Crippen LogP contribution in [0.5, 0.6) is 0 Å². The molecule has 0 bridgehead atoms.